The fourth-order valence-corrected chi connectivity index (χ4v) is 2.03. The number of rotatable bonds is 4. The number of nitrogens with zero attached hydrogens (tertiary/aromatic N) is 2. The van der Waals surface area contributed by atoms with Crippen LogP contribution in [-0.2, 0) is 11.3 Å². The summed E-state index contributed by atoms with van der Waals surface area (Å²) in [7, 11) is 1.59. The third kappa shape index (κ3) is 3.58. The fraction of sp³-hybridized carbons (Fsp3) is 0.167. The maximum absolute atomic E-state index is 12.2. The van der Waals surface area contributed by atoms with Crippen LogP contribution in [-0.4, -0.2) is 23.6 Å². The molecular weight excluding hydrogens is 276 g/mol. The van der Waals surface area contributed by atoms with Gasteiger partial charge in [-0.15, -0.1) is 0 Å². The Balaban J connectivity index is 2.06. The summed E-state index contributed by atoms with van der Waals surface area (Å²) >= 11 is 0. The molecule has 2 aromatic carbocycles. The first-order chi connectivity index (χ1) is 10.5. The van der Waals surface area contributed by atoms with Crippen molar-refractivity contribution in [3.05, 3.63) is 70.8 Å². The molecule has 0 unspecified atom stereocenters. The summed E-state index contributed by atoms with van der Waals surface area (Å²) in [5, 5.41) is 8.76. The van der Waals surface area contributed by atoms with Gasteiger partial charge in [-0.05, 0) is 24.6 Å². The third-order valence-corrected chi connectivity index (χ3v) is 3.36. The maximum atomic E-state index is 12.2. The van der Waals surface area contributed by atoms with E-state index in [2.05, 4.69) is 0 Å². The van der Waals surface area contributed by atoms with E-state index in [1.54, 1.807) is 55.6 Å². The zero-order chi connectivity index (χ0) is 16.1. The van der Waals surface area contributed by atoms with E-state index in [0.717, 1.165) is 11.1 Å². The molecular formula is C18H16N2O2. The SMILES string of the molecule is Cc1ccc(C(=O)C(=O)N(C)Cc2ccc(C#N)cc2)cc1. The van der Waals surface area contributed by atoms with Crippen molar-refractivity contribution in [3.63, 3.8) is 0 Å². The zero-order valence-corrected chi connectivity index (χ0v) is 12.5. The first-order valence-corrected chi connectivity index (χ1v) is 6.87. The smallest absolute Gasteiger partial charge is 0.294 e. The number of likely N-dealkylation sites (N-methyl/N-ethyl adjacent to an activating group) is 1. The van der Waals surface area contributed by atoms with Crippen LogP contribution in [0.1, 0.15) is 27.0 Å². The molecule has 110 valence electrons. The van der Waals surface area contributed by atoms with Crippen molar-refractivity contribution < 1.29 is 9.59 Å². The molecule has 0 N–H and O–H groups in total. The second-order valence-corrected chi connectivity index (χ2v) is 5.17. The first kappa shape index (κ1) is 15.5. The highest BCUT2D eigenvalue weighted by Crippen LogP contribution is 2.09. The van der Waals surface area contributed by atoms with Crippen LogP contribution >= 0.6 is 0 Å². The van der Waals surface area contributed by atoms with Crippen LogP contribution in [0.25, 0.3) is 0 Å². The van der Waals surface area contributed by atoms with Crippen LogP contribution in [0.4, 0.5) is 0 Å². The summed E-state index contributed by atoms with van der Waals surface area (Å²) in [6.07, 6.45) is 0. The molecule has 4 heteroatoms. The number of aryl methyl sites for hydroxylation is 1. The first-order valence-electron chi connectivity index (χ1n) is 6.87. The van der Waals surface area contributed by atoms with E-state index in [9.17, 15) is 9.59 Å². The summed E-state index contributed by atoms with van der Waals surface area (Å²) in [6.45, 7) is 2.25. The quantitative estimate of drug-likeness (QED) is 0.643. The predicted molar refractivity (Wildman–Crippen MR) is 83.1 cm³/mol. The van der Waals surface area contributed by atoms with Crippen LogP contribution < -0.4 is 0 Å². The second kappa shape index (κ2) is 6.68. The molecule has 4 nitrogen and oxygen atoms in total. The molecule has 0 fully saturated rings. The topological polar surface area (TPSA) is 61.2 Å². The van der Waals surface area contributed by atoms with Crippen molar-refractivity contribution in [2.24, 2.45) is 0 Å². The molecule has 0 heterocycles. The van der Waals surface area contributed by atoms with Crippen molar-refractivity contribution in [3.8, 4) is 6.07 Å². The maximum Gasteiger partial charge on any atom is 0.294 e. The van der Waals surface area contributed by atoms with Gasteiger partial charge in [-0.25, -0.2) is 0 Å². The largest absolute Gasteiger partial charge is 0.335 e. The minimum absolute atomic E-state index is 0.322. The minimum Gasteiger partial charge on any atom is -0.335 e. The standard InChI is InChI=1S/C18H16N2O2/c1-13-3-9-16(10-4-13)17(21)18(22)20(2)12-15-7-5-14(11-19)6-8-15/h3-10H,12H2,1-2H3. The number of ketones is 1. The summed E-state index contributed by atoms with van der Waals surface area (Å²) in [6, 6.07) is 15.9. The molecule has 0 spiro atoms. The van der Waals surface area contributed by atoms with Crippen molar-refractivity contribution in [1.29, 1.82) is 5.26 Å². The lowest BCUT2D eigenvalue weighted by molar-refractivity contribution is -0.125. The molecule has 0 saturated carbocycles. The highest BCUT2D eigenvalue weighted by atomic mass is 16.2. The van der Waals surface area contributed by atoms with E-state index in [-0.39, 0.29) is 0 Å². The van der Waals surface area contributed by atoms with Gasteiger partial charge in [0.15, 0.2) is 0 Å². The number of carbonyl (C=O) groups is 2. The summed E-state index contributed by atoms with van der Waals surface area (Å²) < 4.78 is 0. The van der Waals surface area contributed by atoms with Crippen molar-refractivity contribution in [2.75, 3.05) is 7.05 Å². The normalized spacial score (nSPS) is 9.86. The van der Waals surface area contributed by atoms with E-state index in [0.29, 0.717) is 17.7 Å². The molecule has 1 amide bonds. The molecule has 0 bridgehead atoms. The molecule has 0 aliphatic heterocycles. The van der Waals surface area contributed by atoms with Crippen LogP contribution in [0, 0.1) is 18.3 Å². The Morgan fingerprint density at radius 2 is 1.64 bits per heavy atom. The van der Waals surface area contributed by atoms with Gasteiger partial charge in [0, 0.05) is 19.2 Å². The van der Waals surface area contributed by atoms with Gasteiger partial charge in [-0.1, -0.05) is 42.0 Å². The van der Waals surface area contributed by atoms with Gasteiger partial charge in [0.2, 0.25) is 5.78 Å². The third-order valence-electron chi connectivity index (χ3n) is 3.36. The van der Waals surface area contributed by atoms with E-state index in [4.69, 9.17) is 5.26 Å². The molecule has 0 saturated heterocycles. The van der Waals surface area contributed by atoms with E-state index in [1.165, 1.54) is 4.90 Å². The summed E-state index contributed by atoms with van der Waals surface area (Å²) in [4.78, 5) is 25.7. The number of amides is 1. The van der Waals surface area contributed by atoms with Crippen molar-refractivity contribution in [1.82, 2.24) is 4.90 Å². The van der Waals surface area contributed by atoms with Crippen molar-refractivity contribution >= 4 is 11.7 Å². The molecule has 22 heavy (non-hydrogen) atoms. The Morgan fingerprint density at radius 1 is 1.05 bits per heavy atom. The fourth-order valence-electron chi connectivity index (χ4n) is 2.03. The van der Waals surface area contributed by atoms with Gasteiger partial charge in [0.1, 0.15) is 0 Å². The van der Waals surface area contributed by atoms with Gasteiger partial charge in [-0.2, -0.15) is 5.26 Å². The Bertz CT molecular complexity index is 725. The van der Waals surface area contributed by atoms with Gasteiger partial charge < -0.3 is 4.90 Å². The lowest BCUT2D eigenvalue weighted by Crippen LogP contribution is -2.32. The van der Waals surface area contributed by atoms with Crippen LogP contribution in [0.5, 0.6) is 0 Å². The van der Waals surface area contributed by atoms with Gasteiger partial charge in [-0.3, -0.25) is 9.59 Å². The number of carbonyl (C=O) groups excluding carboxylic acids is 2. The lowest BCUT2D eigenvalue weighted by atomic mass is 10.1. The van der Waals surface area contributed by atoms with Crippen LogP contribution in [0.2, 0.25) is 0 Å². The van der Waals surface area contributed by atoms with E-state index >= 15 is 0 Å². The van der Waals surface area contributed by atoms with E-state index < -0.39 is 11.7 Å². The average Bonchev–Trinajstić information content (AvgIpc) is 2.55. The monoisotopic (exact) mass is 292 g/mol. The number of hydrogen-bond acceptors (Lipinski definition) is 3. The van der Waals surface area contributed by atoms with Gasteiger partial charge in [0.25, 0.3) is 5.91 Å². The number of benzene rings is 2. The number of nitriles is 1. The predicted octanol–water partition coefficient (Wildman–Crippen LogP) is 2.71. The summed E-state index contributed by atoms with van der Waals surface area (Å²) in [5.41, 5.74) is 2.86. The zero-order valence-electron chi connectivity index (χ0n) is 12.5. The van der Waals surface area contributed by atoms with Gasteiger partial charge in [0.05, 0.1) is 11.6 Å². The minimum atomic E-state index is -0.548. The molecule has 0 aliphatic carbocycles. The second-order valence-electron chi connectivity index (χ2n) is 5.17. The number of Topliss-reactive ketones (excluding diaryl/α,β-unsaturated/α-hetero) is 1. The molecule has 2 rings (SSSR count). The average molecular weight is 292 g/mol. The Labute approximate surface area is 129 Å². The molecule has 0 radical (unpaired) electrons. The molecule has 2 aromatic rings. The lowest BCUT2D eigenvalue weighted by Gasteiger charge is -2.16. The van der Waals surface area contributed by atoms with Gasteiger partial charge >= 0.3 is 0 Å². The number of hydrogen-bond donors (Lipinski definition) is 0. The Hall–Kier alpha value is -2.93. The Morgan fingerprint density at radius 3 is 2.18 bits per heavy atom. The van der Waals surface area contributed by atoms with Crippen LogP contribution in [0.15, 0.2) is 48.5 Å². The van der Waals surface area contributed by atoms with Crippen molar-refractivity contribution in [2.45, 2.75) is 13.5 Å². The molecule has 0 aliphatic rings. The van der Waals surface area contributed by atoms with Crippen LogP contribution in [0.3, 0.4) is 0 Å². The Kier molecular flexibility index (Phi) is 4.70. The highest BCUT2D eigenvalue weighted by Gasteiger charge is 2.20. The van der Waals surface area contributed by atoms with E-state index in [1.807, 2.05) is 13.0 Å². The summed E-state index contributed by atoms with van der Waals surface area (Å²) in [5.74, 6) is -1.07. The highest BCUT2D eigenvalue weighted by molar-refractivity contribution is 6.42. The molecule has 0 atom stereocenters. The molecule has 0 aromatic heterocycles.